The second-order valence-corrected chi connectivity index (χ2v) is 9.99. The van der Waals surface area contributed by atoms with E-state index in [1.165, 1.54) is 10.7 Å². The van der Waals surface area contributed by atoms with Crippen LogP contribution in [-0.2, 0) is 11.8 Å². The lowest BCUT2D eigenvalue weighted by atomic mass is 9.90. The predicted octanol–water partition coefficient (Wildman–Crippen LogP) is 2.97. The van der Waals surface area contributed by atoms with Crippen molar-refractivity contribution in [1.29, 1.82) is 0 Å². The summed E-state index contributed by atoms with van der Waals surface area (Å²) in [6.07, 6.45) is 9.99. The number of allylic oxidation sites excluding steroid dienone is 3. The molecule has 0 spiro atoms. The molecule has 1 aliphatic heterocycles. The first-order valence-corrected chi connectivity index (χ1v) is 12.6. The summed E-state index contributed by atoms with van der Waals surface area (Å²) in [6, 6.07) is 6.85. The fourth-order valence-corrected chi connectivity index (χ4v) is 4.92. The van der Waals surface area contributed by atoms with Crippen LogP contribution in [0.25, 0.3) is 0 Å². The molecule has 2 aromatic heterocycles. The molecule has 1 saturated heterocycles. The monoisotopic (exact) mass is 516 g/mol. The fraction of sp³-hybridized carbons (Fsp3) is 0.440. The number of hydrogen-bond acceptors (Lipinski definition) is 6. The van der Waals surface area contributed by atoms with Gasteiger partial charge >= 0.3 is 0 Å². The van der Waals surface area contributed by atoms with E-state index in [1.54, 1.807) is 25.4 Å². The van der Waals surface area contributed by atoms with Crippen molar-refractivity contribution in [2.24, 2.45) is 24.6 Å². The van der Waals surface area contributed by atoms with Gasteiger partial charge in [-0.05, 0) is 49.5 Å². The molecule has 2 aromatic rings. The van der Waals surface area contributed by atoms with E-state index in [-0.39, 0.29) is 35.3 Å². The van der Waals surface area contributed by atoms with Crippen molar-refractivity contribution < 1.29 is 4.79 Å². The van der Waals surface area contributed by atoms with Crippen molar-refractivity contribution in [2.45, 2.75) is 31.2 Å². The number of hydrogen-bond donors (Lipinski definition) is 2. The number of halogens is 2. The maximum absolute atomic E-state index is 13.2. The number of nitrogens with two attached hydrogens (primary N) is 1. The highest BCUT2D eigenvalue weighted by molar-refractivity contribution is 6.31. The quantitative estimate of drug-likeness (QED) is 0.522. The highest BCUT2D eigenvalue weighted by atomic mass is 35.5. The minimum Gasteiger partial charge on any atom is -0.356 e. The fourth-order valence-electron chi connectivity index (χ4n) is 4.64. The second-order valence-electron chi connectivity index (χ2n) is 9.12. The minimum atomic E-state index is -0.315. The topological polar surface area (TPSA) is 106 Å². The van der Waals surface area contributed by atoms with Crippen LogP contribution in [0.2, 0.25) is 5.02 Å². The minimum absolute atomic E-state index is 0.0213. The Morgan fingerprint density at radius 2 is 2.09 bits per heavy atom. The zero-order valence-electron chi connectivity index (χ0n) is 19.6. The van der Waals surface area contributed by atoms with Crippen LogP contribution in [0.5, 0.6) is 0 Å². The van der Waals surface area contributed by atoms with Crippen molar-refractivity contribution in [3.8, 4) is 0 Å². The zero-order chi connectivity index (χ0) is 24.9. The van der Waals surface area contributed by atoms with Crippen molar-refractivity contribution in [3.63, 3.8) is 0 Å². The highest BCUT2D eigenvalue weighted by Gasteiger charge is 2.40. The molecule has 4 rings (SSSR count). The molecule has 1 aliphatic carbocycles. The number of aryl methyl sites for hydroxylation is 1. The van der Waals surface area contributed by atoms with Crippen LogP contribution in [0.15, 0.2) is 58.5 Å². The summed E-state index contributed by atoms with van der Waals surface area (Å²) in [5.41, 5.74) is 6.98. The number of amides is 1. The first kappa shape index (κ1) is 25.4. The number of carbonyl (C=O) groups excluding carboxylic acids is 1. The molecular weight excluding hydrogens is 487 g/mol. The molecular formula is C25H30Cl2N6O2. The summed E-state index contributed by atoms with van der Waals surface area (Å²) in [5.74, 6) is 0.454. The third-order valence-corrected chi connectivity index (χ3v) is 7.21. The van der Waals surface area contributed by atoms with E-state index in [4.69, 9.17) is 28.9 Å². The SMILES string of the molecule is Cn1nc(N2C[C@@H](C(=O)NCCC[C@H](N)C3C=CC(Cl)=CC3)[C@H](c3ccc(Cl)cn3)C2)ccc1=O. The van der Waals surface area contributed by atoms with Crippen LogP contribution in [0.1, 0.15) is 30.9 Å². The number of aromatic nitrogens is 3. The van der Waals surface area contributed by atoms with Crippen LogP contribution < -0.4 is 21.5 Å². The Hall–Kier alpha value is -2.68. The van der Waals surface area contributed by atoms with Crippen LogP contribution in [0.4, 0.5) is 5.82 Å². The number of anilines is 1. The molecule has 0 aromatic carbocycles. The molecule has 186 valence electrons. The Balaban J connectivity index is 1.38. The van der Waals surface area contributed by atoms with Crippen molar-refractivity contribution in [1.82, 2.24) is 20.1 Å². The van der Waals surface area contributed by atoms with Gasteiger partial charge in [-0.2, -0.15) is 5.10 Å². The van der Waals surface area contributed by atoms with Crippen molar-refractivity contribution in [2.75, 3.05) is 24.5 Å². The molecule has 35 heavy (non-hydrogen) atoms. The lowest BCUT2D eigenvalue weighted by Gasteiger charge is -2.22. The summed E-state index contributed by atoms with van der Waals surface area (Å²) >= 11 is 12.0. The predicted molar refractivity (Wildman–Crippen MR) is 139 cm³/mol. The molecule has 0 radical (unpaired) electrons. The van der Waals surface area contributed by atoms with Gasteiger partial charge < -0.3 is 16.0 Å². The molecule has 3 heterocycles. The van der Waals surface area contributed by atoms with Crippen LogP contribution in [0.3, 0.4) is 0 Å². The van der Waals surface area contributed by atoms with Crippen molar-refractivity contribution in [3.05, 3.63) is 74.8 Å². The number of nitrogens with zero attached hydrogens (tertiary/aromatic N) is 4. The van der Waals surface area contributed by atoms with E-state index in [0.29, 0.717) is 30.5 Å². The summed E-state index contributed by atoms with van der Waals surface area (Å²) in [6.45, 7) is 1.59. The van der Waals surface area contributed by atoms with E-state index >= 15 is 0 Å². The normalized spacial score (nSPS) is 22.7. The van der Waals surface area contributed by atoms with Crippen LogP contribution in [0, 0.1) is 11.8 Å². The maximum atomic E-state index is 13.2. The van der Waals surface area contributed by atoms with Crippen molar-refractivity contribution >= 4 is 34.9 Å². The summed E-state index contributed by atoms with van der Waals surface area (Å²) < 4.78 is 1.30. The molecule has 1 fully saturated rings. The Kier molecular flexibility index (Phi) is 8.26. The van der Waals surface area contributed by atoms with Gasteiger partial charge in [0.25, 0.3) is 5.56 Å². The molecule has 1 unspecified atom stereocenters. The van der Waals surface area contributed by atoms with E-state index in [2.05, 4.69) is 21.5 Å². The van der Waals surface area contributed by atoms with Gasteiger partial charge in [-0.1, -0.05) is 35.4 Å². The van der Waals surface area contributed by atoms with Gasteiger partial charge in [0.1, 0.15) is 5.82 Å². The molecule has 10 heteroatoms. The number of pyridine rings is 1. The molecule has 1 amide bonds. The molecule has 0 saturated carbocycles. The Bertz CT molecular complexity index is 1160. The average Bonchev–Trinajstić information content (AvgIpc) is 3.30. The summed E-state index contributed by atoms with van der Waals surface area (Å²) in [5, 5.41) is 8.75. The standard InChI is InChI=1S/C25H30Cl2N6O2/c1-32-24(34)11-10-23(31-32)33-14-19(22-9-8-18(27)13-30-22)20(15-33)25(35)29-12-2-3-21(28)16-4-6-17(26)7-5-16/h4,6-11,13,16,19-21H,2-3,5,12,14-15,28H2,1H3,(H,29,35)/t16?,19-,20-,21+/m1/s1. The average molecular weight is 517 g/mol. The van der Waals surface area contributed by atoms with Gasteiger partial charge in [-0.15, -0.1) is 0 Å². The highest BCUT2D eigenvalue weighted by Crippen LogP contribution is 2.34. The zero-order valence-corrected chi connectivity index (χ0v) is 21.1. The Morgan fingerprint density at radius 1 is 1.26 bits per heavy atom. The third kappa shape index (κ3) is 6.31. The molecule has 3 N–H and O–H groups in total. The van der Waals surface area contributed by atoms with E-state index in [1.807, 2.05) is 23.1 Å². The van der Waals surface area contributed by atoms with Gasteiger partial charge in [-0.3, -0.25) is 14.6 Å². The third-order valence-electron chi connectivity index (χ3n) is 6.71. The molecule has 2 aliphatic rings. The van der Waals surface area contributed by atoms with Gasteiger partial charge in [-0.25, -0.2) is 4.68 Å². The van der Waals surface area contributed by atoms with Gasteiger partial charge in [0.2, 0.25) is 5.91 Å². The van der Waals surface area contributed by atoms with Gasteiger partial charge in [0.05, 0.1) is 10.9 Å². The number of nitrogens with one attached hydrogen (secondary N) is 1. The Morgan fingerprint density at radius 3 is 2.77 bits per heavy atom. The molecule has 8 nitrogen and oxygen atoms in total. The van der Waals surface area contributed by atoms with Gasteiger partial charge in [0.15, 0.2) is 0 Å². The van der Waals surface area contributed by atoms with E-state index in [9.17, 15) is 9.59 Å². The van der Waals surface area contributed by atoms with E-state index in [0.717, 1.165) is 30.0 Å². The molecule has 0 bridgehead atoms. The second kappa shape index (κ2) is 11.4. The van der Waals surface area contributed by atoms with Crippen LogP contribution in [-0.4, -0.2) is 46.3 Å². The summed E-state index contributed by atoms with van der Waals surface area (Å²) in [4.78, 5) is 31.5. The largest absolute Gasteiger partial charge is 0.356 e. The van der Waals surface area contributed by atoms with Gasteiger partial charge in [0, 0.05) is 61.6 Å². The number of rotatable bonds is 8. The van der Waals surface area contributed by atoms with E-state index < -0.39 is 0 Å². The Labute approximate surface area is 214 Å². The summed E-state index contributed by atoms with van der Waals surface area (Å²) in [7, 11) is 1.61. The number of carbonyl (C=O) groups is 1. The maximum Gasteiger partial charge on any atom is 0.266 e. The lowest BCUT2D eigenvalue weighted by Crippen LogP contribution is -2.36. The molecule has 4 atom stereocenters. The first-order chi connectivity index (χ1) is 16.8. The van der Waals surface area contributed by atoms with Crippen LogP contribution >= 0.6 is 23.2 Å². The lowest BCUT2D eigenvalue weighted by molar-refractivity contribution is -0.124. The smallest absolute Gasteiger partial charge is 0.266 e. The first-order valence-electron chi connectivity index (χ1n) is 11.8.